The zero-order valence-electron chi connectivity index (χ0n) is 18.0. The molecule has 0 spiro atoms. The molecule has 0 saturated heterocycles. The molecule has 3 amide bonds. The smallest absolute Gasteiger partial charge is 0.269 e. The van der Waals surface area contributed by atoms with E-state index in [-0.39, 0.29) is 22.6 Å². The number of fused-ring (bicyclic) bond motifs is 1. The van der Waals surface area contributed by atoms with Crippen molar-refractivity contribution in [3.63, 3.8) is 0 Å². The maximum Gasteiger partial charge on any atom is 0.269 e. The summed E-state index contributed by atoms with van der Waals surface area (Å²) in [5, 5.41) is 16.4. The van der Waals surface area contributed by atoms with Crippen LogP contribution in [0.25, 0.3) is 0 Å². The number of carbonyl (C=O) groups excluding carboxylic acids is 3. The zero-order valence-corrected chi connectivity index (χ0v) is 18.0. The van der Waals surface area contributed by atoms with E-state index < -0.39 is 22.8 Å². The SMILES string of the molecule is CC1C(=O)Nc2cc(C(=O)NCC(C)(C)CN)ccc2N1C(=O)c1ccc([N+](=O)[O-])cc1. The van der Waals surface area contributed by atoms with Crippen LogP contribution in [0.5, 0.6) is 0 Å². The van der Waals surface area contributed by atoms with Crippen molar-refractivity contribution in [3.8, 4) is 0 Å². The van der Waals surface area contributed by atoms with Gasteiger partial charge in [0.15, 0.2) is 0 Å². The number of hydrogen-bond donors (Lipinski definition) is 3. The Morgan fingerprint density at radius 2 is 1.81 bits per heavy atom. The predicted molar refractivity (Wildman–Crippen MR) is 120 cm³/mol. The Morgan fingerprint density at radius 3 is 2.41 bits per heavy atom. The lowest BCUT2D eigenvalue weighted by molar-refractivity contribution is -0.384. The van der Waals surface area contributed by atoms with Crippen molar-refractivity contribution in [2.45, 2.75) is 26.8 Å². The lowest BCUT2D eigenvalue weighted by Crippen LogP contribution is -2.49. The molecule has 3 rings (SSSR count). The lowest BCUT2D eigenvalue weighted by Gasteiger charge is -2.34. The predicted octanol–water partition coefficient (Wildman–Crippen LogP) is 2.30. The first-order valence-corrected chi connectivity index (χ1v) is 10.1. The molecule has 32 heavy (non-hydrogen) atoms. The van der Waals surface area contributed by atoms with Gasteiger partial charge in [-0.15, -0.1) is 0 Å². The fourth-order valence-corrected chi connectivity index (χ4v) is 3.19. The molecule has 1 unspecified atom stereocenters. The second kappa shape index (κ2) is 8.75. The standard InChI is InChI=1S/C22H25N5O5/c1-13-19(28)25-17-10-15(20(29)24-12-22(2,3)11-23)6-9-18(17)26(13)21(30)14-4-7-16(8-5-14)27(31)32/h4-10,13H,11-12,23H2,1-3H3,(H,24,29)(H,25,28). The molecule has 0 radical (unpaired) electrons. The quantitative estimate of drug-likeness (QED) is 0.465. The van der Waals surface area contributed by atoms with Gasteiger partial charge in [-0.25, -0.2) is 0 Å². The maximum absolute atomic E-state index is 13.1. The molecular weight excluding hydrogens is 414 g/mol. The van der Waals surface area contributed by atoms with Crippen LogP contribution in [-0.2, 0) is 4.79 Å². The first-order chi connectivity index (χ1) is 15.0. The molecule has 0 bridgehead atoms. The molecule has 1 atom stereocenters. The van der Waals surface area contributed by atoms with Crippen molar-refractivity contribution in [2.75, 3.05) is 23.3 Å². The normalized spacial score (nSPS) is 15.6. The van der Waals surface area contributed by atoms with Crippen molar-refractivity contribution >= 4 is 34.8 Å². The van der Waals surface area contributed by atoms with Crippen molar-refractivity contribution in [1.82, 2.24) is 5.32 Å². The van der Waals surface area contributed by atoms with Crippen LogP contribution in [0.4, 0.5) is 17.1 Å². The molecule has 1 heterocycles. The van der Waals surface area contributed by atoms with Crippen LogP contribution in [-0.4, -0.2) is 41.8 Å². The van der Waals surface area contributed by atoms with Gasteiger partial charge in [-0.3, -0.25) is 29.4 Å². The van der Waals surface area contributed by atoms with Gasteiger partial charge in [0.2, 0.25) is 5.91 Å². The summed E-state index contributed by atoms with van der Waals surface area (Å²) in [5.41, 5.74) is 6.58. The number of nitro groups is 1. The summed E-state index contributed by atoms with van der Waals surface area (Å²) in [6.07, 6.45) is 0. The zero-order chi connectivity index (χ0) is 23.6. The molecule has 10 nitrogen and oxygen atoms in total. The van der Waals surface area contributed by atoms with Gasteiger partial charge in [0.25, 0.3) is 17.5 Å². The van der Waals surface area contributed by atoms with E-state index in [2.05, 4.69) is 10.6 Å². The topological polar surface area (TPSA) is 148 Å². The Morgan fingerprint density at radius 1 is 1.19 bits per heavy atom. The van der Waals surface area contributed by atoms with Crippen LogP contribution >= 0.6 is 0 Å². The molecule has 0 saturated carbocycles. The first kappa shape index (κ1) is 22.9. The summed E-state index contributed by atoms with van der Waals surface area (Å²) in [7, 11) is 0. The number of rotatable bonds is 6. The van der Waals surface area contributed by atoms with Gasteiger partial charge >= 0.3 is 0 Å². The Balaban J connectivity index is 1.89. The Kier molecular flexibility index (Phi) is 6.26. The van der Waals surface area contributed by atoms with Crippen LogP contribution in [0.2, 0.25) is 0 Å². The van der Waals surface area contributed by atoms with Crippen molar-refractivity contribution in [3.05, 3.63) is 63.7 Å². The van der Waals surface area contributed by atoms with E-state index in [1.54, 1.807) is 19.1 Å². The second-order valence-electron chi connectivity index (χ2n) is 8.43. The average Bonchev–Trinajstić information content (AvgIpc) is 2.77. The molecule has 2 aromatic rings. The highest BCUT2D eigenvalue weighted by Crippen LogP contribution is 2.34. The van der Waals surface area contributed by atoms with Crippen molar-refractivity contribution in [2.24, 2.45) is 11.1 Å². The van der Waals surface area contributed by atoms with Crippen LogP contribution < -0.4 is 21.3 Å². The van der Waals surface area contributed by atoms with E-state index in [1.807, 2.05) is 13.8 Å². The highest BCUT2D eigenvalue weighted by molar-refractivity contribution is 6.17. The van der Waals surface area contributed by atoms with Crippen LogP contribution in [0.15, 0.2) is 42.5 Å². The summed E-state index contributed by atoms with van der Waals surface area (Å²) in [6.45, 7) is 6.24. The van der Waals surface area contributed by atoms with Gasteiger partial charge in [-0.05, 0) is 49.2 Å². The minimum absolute atomic E-state index is 0.139. The summed E-state index contributed by atoms with van der Waals surface area (Å²) >= 11 is 0. The fourth-order valence-electron chi connectivity index (χ4n) is 3.19. The molecule has 2 aromatic carbocycles. The van der Waals surface area contributed by atoms with E-state index in [1.165, 1.54) is 35.2 Å². The van der Waals surface area contributed by atoms with Crippen LogP contribution in [0, 0.1) is 15.5 Å². The summed E-state index contributed by atoms with van der Waals surface area (Å²) in [5.74, 6) is -1.21. The number of nitro benzene ring substituents is 1. The van der Waals surface area contributed by atoms with Crippen molar-refractivity contribution < 1.29 is 19.3 Å². The summed E-state index contributed by atoms with van der Waals surface area (Å²) in [4.78, 5) is 49.9. The minimum atomic E-state index is -0.810. The Hall–Kier alpha value is -3.79. The van der Waals surface area contributed by atoms with E-state index in [0.29, 0.717) is 30.0 Å². The van der Waals surface area contributed by atoms with Gasteiger partial charge < -0.3 is 16.4 Å². The minimum Gasteiger partial charge on any atom is -0.351 e. The molecular formula is C22H25N5O5. The van der Waals surface area contributed by atoms with Gasteiger partial charge in [0, 0.05) is 29.8 Å². The van der Waals surface area contributed by atoms with Gasteiger partial charge in [-0.1, -0.05) is 13.8 Å². The highest BCUT2D eigenvalue weighted by atomic mass is 16.6. The lowest BCUT2D eigenvalue weighted by atomic mass is 9.94. The number of hydrogen-bond acceptors (Lipinski definition) is 6. The number of anilines is 2. The number of carbonyl (C=O) groups is 3. The Bertz CT molecular complexity index is 1080. The molecule has 1 aliphatic heterocycles. The Labute approximate surface area is 184 Å². The third kappa shape index (κ3) is 4.59. The largest absolute Gasteiger partial charge is 0.351 e. The molecule has 1 aliphatic rings. The van der Waals surface area contributed by atoms with Crippen LogP contribution in [0.1, 0.15) is 41.5 Å². The third-order valence-corrected chi connectivity index (χ3v) is 5.37. The molecule has 0 fully saturated rings. The fraction of sp³-hybridized carbons (Fsp3) is 0.318. The number of nitrogens with one attached hydrogen (secondary N) is 2. The van der Waals surface area contributed by atoms with Gasteiger partial charge in [0.05, 0.1) is 16.3 Å². The van der Waals surface area contributed by atoms with E-state index in [4.69, 9.17) is 5.73 Å². The summed E-state index contributed by atoms with van der Waals surface area (Å²) in [6, 6.07) is 9.04. The van der Waals surface area contributed by atoms with E-state index in [9.17, 15) is 24.5 Å². The molecule has 168 valence electrons. The first-order valence-electron chi connectivity index (χ1n) is 10.1. The number of nitrogens with zero attached hydrogens (tertiary/aromatic N) is 2. The second-order valence-corrected chi connectivity index (χ2v) is 8.43. The number of non-ortho nitro benzene ring substituents is 1. The molecule has 4 N–H and O–H groups in total. The van der Waals surface area contributed by atoms with E-state index in [0.717, 1.165) is 0 Å². The third-order valence-electron chi connectivity index (χ3n) is 5.37. The van der Waals surface area contributed by atoms with Crippen LogP contribution in [0.3, 0.4) is 0 Å². The average molecular weight is 439 g/mol. The number of amides is 3. The molecule has 0 aromatic heterocycles. The van der Waals surface area contributed by atoms with Gasteiger partial charge in [-0.2, -0.15) is 0 Å². The highest BCUT2D eigenvalue weighted by Gasteiger charge is 2.35. The summed E-state index contributed by atoms with van der Waals surface area (Å²) < 4.78 is 0. The molecule has 10 heteroatoms. The molecule has 0 aliphatic carbocycles. The maximum atomic E-state index is 13.1. The number of nitrogens with two attached hydrogens (primary N) is 1. The van der Waals surface area contributed by atoms with Gasteiger partial charge in [0.1, 0.15) is 6.04 Å². The van der Waals surface area contributed by atoms with E-state index >= 15 is 0 Å². The number of benzene rings is 2. The van der Waals surface area contributed by atoms with Crippen molar-refractivity contribution in [1.29, 1.82) is 0 Å². The monoisotopic (exact) mass is 439 g/mol.